The van der Waals surface area contributed by atoms with Crippen LogP contribution in [-0.2, 0) is 10.0 Å². The van der Waals surface area contributed by atoms with Crippen molar-refractivity contribution >= 4 is 15.7 Å². The number of benzene rings is 2. The second kappa shape index (κ2) is 7.54. The quantitative estimate of drug-likeness (QED) is 0.669. The smallest absolute Gasteiger partial charge is 0.243 e. The third kappa shape index (κ3) is 3.28. The maximum atomic E-state index is 13.1. The fraction of sp³-hybridized carbons (Fsp3) is 0.440. The fourth-order valence-corrected chi connectivity index (χ4v) is 6.78. The van der Waals surface area contributed by atoms with E-state index in [0.717, 1.165) is 30.5 Å². The molecule has 3 atom stereocenters. The van der Waals surface area contributed by atoms with Gasteiger partial charge in [-0.2, -0.15) is 4.31 Å². The first-order chi connectivity index (χ1) is 14.4. The molecular formula is C25H30N2O2S. The number of rotatable bonds is 4. The number of nitrogens with one attached hydrogen (secondary N) is 1. The zero-order chi connectivity index (χ0) is 20.9. The predicted molar refractivity (Wildman–Crippen MR) is 121 cm³/mol. The number of hydrogen-bond acceptors (Lipinski definition) is 3. The van der Waals surface area contributed by atoms with Crippen LogP contribution in [0.15, 0.2) is 59.5 Å². The first-order valence-electron chi connectivity index (χ1n) is 11.1. The third-order valence-corrected chi connectivity index (χ3v) is 8.89. The molecule has 3 aliphatic rings. The number of nitrogens with zero attached hydrogens (tertiary/aromatic N) is 1. The van der Waals surface area contributed by atoms with Crippen molar-refractivity contribution in [3.8, 4) is 0 Å². The second-order valence-corrected chi connectivity index (χ2v) is 11.1. The molecule has 2 aliphatic heterocycles. The van der Waals surface area contributed by atoms with Crippen LogP contribution in [0.2, 0.25) is 0 Å². The molecular weight excluding hydrogens is 392 g/mol. The van der Waals surface area contributed by atoms with Crippen LogP contribution in [0.4, 0.5) is 5.69 Å². The third-order valence-electron chi connectivity index (χ3n) is 7.00. The van der Waals surface area contributed by atoms with Crippen molar-refractivity contribution < 1.29 is 8.42 Å². The summed E-state index contributed by atoms with van der Waals surface area (Å²) in [5.74, 6) is 1.19. The van der Waals surface area contributed by atoms with Gasteiger partial charge in [0.1, 0.15) is 0 Å². The van der Waals surface area contributed by atoms with Crippen molar-refractivity contribution in [3.63, 3.8) is 0 Å². The molecule has 0 radical (unpaired) electrons. The van der Waals surface area contributed by atoms with Crippen molar-refractivity contribution in [1.29, 1.82) is 0 Å². The van der Waals surface area contributed by atoms with Crippen molar-refractivity contribution in [1.82, 2.24) is 4.31 Å². The average Bonchev–Trinajstić information content (AvgIpc) is 3.45. The Hall–Kier alpha value is -2.11. The van der Waals surface area contributed by atoms with Gasteiger partial charge in [0, 0.05) is 24.7 Å². The van der Waals surface area contributed by atoms with Crippen molar-refractivity contribution in [2.24, 2.45) is 5.92 Å². The van der Waals surface area contributed by atoms with Gasteiger partial charge in [0.2, 0.25) is 10.0 Å². The largest absolute Gasteiger partial charge is 0.378 e. The Labute approximate surface area is 180 Å². The van der Waals surface area contributed by atoms with Crippen LogP contribution in [0, 0.1) is 5.92 Å². The van der Waals surface area contributed by atoms with Crippen LogP contribution in [0.25, 0.3) is 0 Å². The Kier molecular flexibility index (Phi) is 4.98. The molecule has 158 valence electrons. The van der Waals surface area contributed by atoms with E-state index in [-0.39, 0.29) is 12.0 Å². The molecule has 2 aromatic rings. The average molecular weight is 423 g/mol. The van der Waals surface area contributed by atoms with Crippen LogP contribution < -0.4 is 5.32 Å². The van der Waals surface area contributed by atoms with E-state index in [1.54, 1.807) is 10.4 Å². The summed E-state index contributed by atoms with van der Waals surface area (Å²) in [6, 6.07) is 14.9. The molecule has 0 saturated carbocycles. The van der Waals surface area contributed by atoms with Gasteiger partial charge in [0.25, 0.3) is 0 Å². The van der Waals surface area contributed by atoms with Gasteiger partial charge in [-0.15, -0.1) is 0 Å². The van der Waals surface area contributed by atoms with Gasteiger partial charge in [0.05, 0.1) is 10.9 Å². The highest BCUT2D eigenvalue weighted by molar-refractivity contribution is 7.89. The number of hydrogen-bond donors (Lipinski definition) is 1. The van der Waals surface area contributed by atoms with E-state index >= 15 is 0 Å². The first-order valence-corrected chi connectivity index (χ1v) is 12.6. The summed E-state index contributed by atoms with van der Waals surface area (Å²) in [5.41, 5.74) is 4.83. The molecule has 2 heterocycles. The number of allylic oxidation sites excluding steroid dienone is 2. The number of anilines is 1. The zero-order valence-corrected chi connectivity index (χ0v) is 18.5. The van der Waals surface area contributed by atoms with Crippen LogP contribution in [0.1, 0.15) is 67.7 Å². The summed E-state index contributed by atoms with van der Waals surface area (Å²) < 4.78 is 27.8. The van der Waals surface area contributed by atoms with Crippen molar-refractivity contribution in [2.75, 3.05) is 18.4 Å². The Bertz CT molecular complexity index is 1070. The lowest BCUT2D eigenvalue weighted by atomic mass is 9.77. The molecule has 3 unspecified atom stereocenters. The fourth-order valence-electron chi connectivity index (χ4n) is 5.23. The molecule has 1 aliphatic carbocycles. The minimum absolute atomic E-state index is 0.236. The summed E-state index contributed by atoms with van der Waals surface area (Å²) in [5, 5.41) is 3.73. The summed E-state index contributed by atoms with van der Waals surface area (Å²) in [6.45, 7) is 5.71. The molecule has 5 heteroatoms. The molecule has 0 bridgehead atoms. The second-order valence-electron chi connectivity index (χ2n) is 9.16. The minimum Gasteiger partial charge on any atom is -0.378 e. The van der Waals surface area contributed by atoms with E-state index in [9.17, 15) is 8.42 Å². The molecule has 1 fully saturated rings. The lowest BCUT2D eigenvalue weighted by Gasteiger charge is -2.38. The van der Waals surface area contributed by atoms with E-state index in [0.29, 0.717) is 29.8 Å². The van der Waals surface area contributed by atoms with Gasteiger partial charge in [-0.05, 0) is 66.0 Å². The van der Waals surface area contributed by atoms with Crippen LogP contribution in [-0.4, -0.2) is 25.8 Å². The normalized spacial score (nSPS) is 25.9. The minimum atomic E-state index is -3.40. The highest BCUT2D eigenvalue weighted by Gasteiger charge is 2.39. The van der Waals surface area contributed by atoms with E-state index in [1.807, 2.05) is 12.1 Å². The monoisotopic (exact) mass is 422 g/mol. The van der Waals surface area contributed by atoms with Crippen LogP contribution in [0.5, 0.6) is 0 Å². The van der Waals surface area contributed by atoms with Gasteiger partial charge >= 0.3 is 0 Å². The van der Waals surface area contributed by atoms with Gasteiger partial charge in [-0.1, -0.05) is 50.3 Å². The van der Waals surface area contributed by atoms with Crippen molar-refractivity contribution in [3.05, 3.63) is 71.3 Å². The van der Waals surface area contributed by atoms with Gasteiger partial charge in [0.15, 0.2) is 0 Å². The molecule has 0 aromatic heterocycles. The van der Waals surface area contributed by atoms with Crippen LogP contribution in [0.3, 0.4) is 0 Å². The van der Waals surface area contributed by atoms with E-state index in [1.165, 1.54) is 11.1 Å². The van der Waals surface area contributed by atoms with E-state index in [4.69, 9.17) is 0 Å². The van der Waals surface area contributed by atoms with Crippen LogP contribution >= 0.6 is 0 Å². The topological polar surface area (TPSA) is 49.4 Å². The molecule has 4 nitrogen and oxygen atoms in total. The molecule has 0 amide bonds. The molecule has 5 rings (SSSR count). The lowest BCUT2D eigenvalue weighted by molar-refractivity contribution is 0.424. The Morgan fingerprint density at radius 1 is 1.03 bits per heavy atom. The molecule has 1 saturated heterocycles. The molecule has 30 heavy (non-hydrogen) atoms. The molecule has 0 spiro atoms. The van der Waals surface area contributed by atoms with Gasteiger partial charge in [-0.3, -0.25) is 0 Å². The highest BCUT2D eigenvalue weighted by atomic mass is 32.2. The highest BCUT2D eigenvalue weighted by Crippen LogP contribution is 2.50. The summed E-state index contributed by atoms with van der Waals surface area (Å²) in [7, 11) is -3.40. The SMILES string of the molecule is CC(C)c1ccc(C2Nc3ccc(S(=O)(=O)N4CCCC4)cc3C3C=CCC32)cc1. The Morgan fingerprint density at radius 3 is 2.47 bits per heavy atom. The predicted octanol–water partition coefficient (Wildman–Crippen LogP) is 5.42. The summed E-state index contributed by atoms with van der Waals surface area (Å²) >= 11 is 0. The Balaban J connectivity index is 1.49. The maximum absolute atomic E-state index is 13.1. The maximum Gasteiger partial charge on any atom is 0.243 e. The first kappa shape index (κ1) is 19.8. The summed E-state index contributed by atoms with van der Waals surface area (Å²) in [6.07, 6.45) is 7.44. The lowest BCUT2D eigenvalue weighted by Crippen LogP contribution is -2.30. The number of sulfonamides is 1. The summed E-state index contributed by atoms with van der Waals surface area (Å²) in [4.78, 5) is 0.434. The Morgan fingerprint density at radius 2 is 1.77 bits per heavy atom. The zero-order valence-electron chi connectivity index (χ0n) is 17.7. The van der Waals surface area contributed by atoms with Gasteiger partial charge in [-0.25, -0.2) is 8.42 Å². The molecule has 1 N–H and O–H groups in total. The molecule has 2 aromatic carbocycles. The van der Waals surface area contributed by atoms with E-state index < -0.39 is 10.0 Å². The number of fused-ring (bicyclic) bond motifs is 3. The van der Waals surface area contributed by atoms with E-state index in [2.05, 4.69) is 55.6 Å². The van der Waals surface area contributed by atoms with Crippen molar-refractivity contribution in [2.45, 2.75) is 55.9 Å². The standard InChI is InChI=1S/C25H30N2O2S/c1-17(2)18-8-10-19(11-9-18)25-22-7-5-6-21(22)23-16-20(12-13-24(23)26-25)30(28,29)27-14-3-4-15-27/h5-6,8-13,16-17,21-22,25-26H,3-4,7,14-15H2,1-2H3. The van der Waals surface area contributed by atoms with Gasteiger partial charge < -0.3 is 5.32 Å².